The molecule has 0 N–H and O–H groups in total. The summed E-state index contributed by atoms with van der Waals surface area (Å²) in [6.07, 6.45) is 3.50. The molecule has 0 amide bonds. The van der Waals surface area contributed by atoms with E-state index in [0.717, 1.165) is 34.6 Å². The molecule has 2 unspecified atom stereocenters. The van der Waals surface area contributed by atoms with E-state index in [4.69, 9.17) is 9.47 Å². The molecule has 0 spiro atoms. The third-order valence-corrected chi connectivity index (χ3v) is 4.95. The molecule has 0 aliphatic heterocycles. The van der Waals surface area contributed by atoms with Crippen molar-refractivity contribution < 1.29 is 14.3 Å². The van der Waals surface area contributed by atoms with E-state index in [2.05, 4.69) is 6.58 Å². The molecule has 0 saturated heterocycles. The summed E-state index contributed by atoms with van der Waals surface area (Å²) in [6, 6.07) is 5.72. The van der Waals surface area contributed by atoms with Gasteiger partial charge in [0.25, 0.3) is 0 Å². The van der Waals surface area contributed by atoms with Crippen molar-refractivity contribution in [1.29, 1.82) is 0 Å². The lowest BCUT2D eigenvalue weighted by atomic mass is 9.62. The second-order valence-corrected chi connectivity index (χ2v) is 6.62. The van der Waals surface area contributed by atoms with Crippen LogP contribution in [-0.2, 0) is 11.2 Å². The van der Waals surface area contributed by atoms with Crippen LogP contribution in [0.4, 0.5) is 0 Å². The first kappa shape index (κ1) is 17.3. The SMILES string of the molecule is C=C(C)C1CC=C(C)C(=O)C1(C)Cc1cc(OC)ccc1OC. The lowest BCUT2D eigenvalue weighted by molar-refractivity contribution is -0.126. The molecule has 0 fully saturated rings. The summed E-state index contributed by atoms with van der Waals surface area (Å²) >= 11 is 0. The van der Waals surface area contributed by atoms with Gasteiger partial charge >= 0.3 is 0 Å². The highest BCUT2D eigenvalue weighted by atomic mass is 16.5. The van der Waals surface area contributed by atoms with E-state index in [0.29, 0.717) is 6.42 Å². The fourth-order valence-electron chi connectivity index (χ4n) is 3.62. The molecule has 1 aliphatic rings. The van der Waals surface area contributed by atoms with Crippen LogP contribution in [0.15, 0.2) is 42.0 Å². The number of benzene rings is 1. The van der Waals surface area contributed by atoms with Crippen LogP contribution in [0.25, 0.3) is 0 Å². The summed E-state index contributed by atoms with van der Waals surface area (Å²) in [5.74, 6) is 1.88. The van der Waals surface area contributed by atoms with E-state index in [1.54, 1.807) is 14.2 Å². The van der Waals surface area contributed by atoms with Gasteiger partial charge in [0.1, 0.15) is 11.5 Å². The third-order valence-electron chi connectivity index (χ3n) is 4.95. The summed E-state index contributed by atoms with van der Waals surface area (Å²) in [4.78, 5) is 12.9. The van der Waals surface area contributed by atoms with Gasteiger partial charge in [0.15, 0.2) is 5.78 Å². The van der Waals surface area contributed by atoms with Gasteiger partial charge in [-0.1, -0.05) is 25.2 Å². The van der Waals surface area contributed by atoms with E-state index in [-0.39, 0.29) is 11.7 Å². The number of rotatable bonds is 5. The summed E-state index contributed by atoms with van der Waals surface area (Å²) in [7, 11) is 3.29. The summed E-state index contributed by atoms with van der Waals surface area (Å²) < 4.78 is 10.8. The van der Waals surface area contributed by atoms with E-state index < -0.39 is 5.41 Å². The van der Waals surface area contributed by atoms with Gasteiger partial charge in [-0.25, -0.2) is 0 Å². The Morgan fingerprint density at radius 1 is 1.35 bits per heavy atom. The van der Waals surface area contributed by atoms with E-state index in [1.165, 1.54) is 0 Å². The van der Waals surface area contributed by atoms with Crippen LogP contribution in [-0.4, -0.2) is 20.0 Å². The Hall–Kier alpha value is -2.03. The Bertz CT molecular complexity index is 657. The van der Waals surface area contributed by atoms with Crippen LogP contribution < -0.4 is 9.47 Å². The van der Waals surface area contributed by atoms with Gasteiger partial charge in [-0.15, -0.1) is 0 Å². The maximum atomic E-state index is 12.9. The maximum Gasteiger partial charge on any atom is 0.165 e. The fourth-order valence-corrected chi connectivity index (χ4v) is 3.62. The Labute approximate surface area is 139 Å². The Kier molecular flexibility index (Phi) is 4.98. The average Bonchev–Trinajstić information content (AvgIpc) is 2.52. The van der Waals surface area contributed by atoms with Gasteiger partial charge in [0, 0.05) is 5.41 Å². The zero-order valence-electron chi connectivity index (χ0n) is 14.7. The molecule has 0 heterocycles. The molecule has 2 atom stereocenters. The minimum atomic E-state index is -0.510. The molecular formula is C20H26O3. The highest BCUT2D eigenvalue weighted by Gasteiger charge is 2.44. The second kappa shape index (κ2) is 6.61. The Balaban J connectivity index is 2.48. The number of allylic oxidation sites excluding steroid dienone is 3. The van der Waals surface area contributed by atoms with E-state index in [1.807, 2.05) is 45.0 Å². The molecule has 1 aromatic carbocycles. The van der Waals surface area contributed by atoms with E-state index >= 15 is 0 Å². The first-order valence-corrected chi connectivity index (χ1v) is 7.91. The molecule has 2 rings (SSSR count). The largest absolute Gasteiger partial charge is 0.497 e. The first-order chi connectivity index (χ1) is 10.8. The number of Topliss-reactive ketones (excluding diaryl/α,β-unsaturated/α-hetero) is 1. The van der Waals surface area contributed by atoms with Gasteiger partial charge < -0.3 is 9.47 Å². The average molecular weight is 314 g/mol. The van der Waals surface area contributed by atoms with Crippen molar-refractivity contribution in [3.05, 3.63) is 47.6 Å². The van der Waals surface area contributed by atoms with Gasteiger partial charge in [0.2, 0.25) is 0 Å². The van der Waals surface area contributed by atoms with Crippen molar-refractivity contribution >= 4 is 5.78 Å². The molecule has 1 aromatic rings. The monoisotopic (exact) mass is 314 g/mol. The minimum Gasteiger partial charge on any atom is -0.497 e. The topological polar surface area (TPSA) is 35.5 Å². The van der Waals surface area contributed by atoms with Crippen molar-refractivity contribution in [2.24, 2.45) is 11.3 Å². The molecule has 23 heavy (non-hydrogen) atoms. The van der Waals surface area contributed by atoms with Crippen LogP contribution in [0.3, 0.4) is 0 Å². The molecule has 0 bridgehead atoms. The van der Waals surface area contributed by atoms with Crippen LogP contribution in [0, 0.1) is 11.3 Å². The number of ketones is 1. The molecule has 3 heteroatoms. The number of hydrogen-bond donors (Lipinski definition) is 0. The van der Waals surface area contributed by atoms with Crippen LogP contribution in [0.5, 0.6) is 11.5 Å². The number of hydrogen-bond acceptors (Lipinski definition) is 3. The zero-order chi connectivity index (χ0) is 17.2. The summed E-state index contributed by atoms with van der Waals surface area (Å²) in [5.41, 5.74) is 2.37. The van der Waals surface area contributed by atoms with Crippen molar-refractivity contribution in [1.82, 2.24) is 0 Å². The first-order valence-electron chi connectivity index (χ1n) is 7.91. The molecular weight excluding hydrogens is 288 g/mol. The molecule has 0 radical (unpaired) electrons. The molecule has 0 aromatic heterocycles. The number of carbonyl (C=O) groups excluding carboxylic acids is 1. The predicted molar refractivity (Wildman–Crippen MR) is 93.0 cm³/mol. The zero-order valence-corrected chi connectivity index (χ0v) is 14.7. The normalized spacial score (nSPS) is 24.1. The lowest BCUT2D eigenvalue weighted by Gasteiger charge is -2.40. The quantitative estimate of drug-likeness (QED) is 0.757. The van der Waals surface area contributed by atoms with Crippen molar-refractivity contribution in [2.75, 3.05) is 14.2 Å². The number of ether oxygens (including phenoxy) is 2. The fraction of sp³-hybridized carbons (Fsp3) is 0.450. The molecule has 1 aliphatic carbocycles. The van der Waals surface area contributed by atoms with Crippen molar-refractivity contribution in [3.63, 3.8) is 0 Å². The van der Waals surface area contributed by atoms with Gasteiger partial charge in [-0.05, 0) is 61.9 Å². The third kappa shape index (κ3) is 3.19. The lowest BCUT2D eigenvalue weighted by Crippen LogP contribution is -2.41. The highest BCUT2D eigenvalue weighted by molar-refractivity contribution is 6.00. The van der Waals surface area contributed by atoms with Crippen LogP contribution in [0.2, 0.25) is 0 Å². The van der Waals surface area contributed by atoms with Crippen molar-refractivity contribution in [2.45, 2.75) is 33.6 Å². The minimum absolute atomic E-state index is 0.134. The van der Waals surface area contributed by atoms with Crippen LogP contribution >= 0.6 is 0 Å². The summed E-state index contributed by atoms with van der Waals surface area (Å²) in [5, 5.41) is 0. The van der Waals surface area contributed by atoms with Crippen molar-refractivity contribution in [3.8, 4) is 11.5 Å². The van der Waals surface area contributed by atoms with E-state index in [9.17, 15) is 4.79 Å². The molecule has 0 saturated carbocycles. The molecule has 124 valence electrons. The Morgan fingerprint density at radius 3 is 2.61 bits per heavy atom. The van der Waals surface area contributed by atoms with Gasteiger partial charge in [0.05, 0.1) is 14.2 Å². The maximum absolute atomic E-state index is 12.9. The number of methoxy groups -OCH3 is 2. The Morgan fingerprint density at radius 2 is 2.04 bits per heavy atom. The predicted octanol–water partition coefficient (Wildman–Crippen LogP) is 4.36. The highest BCUT2D eigenvalue weighted by Crippen LogP contribution is 2.45. The van der Waals surface area contributed by atoms with Crippen LogP contribution in [0.1, 0.15) is 32.8 Å². The smallest absolute Gasteiger partial charge is 0.165 e. The summed E-state index contributed by atoms with van der Waals surface area (Å²) in [6.45, 7) is 10.1. The van der Waals surface area contributed by atoms with Gasteiger partial charge in [-0.3, -0.25) is 4.79 Å². The number of carbonyl (C=O) groups is 1. The standard InChI is InChI=1S/C20H26O3/c1-13(2)17-9-7-14(3)19(21)20(17,4)12-15-11-16(22-5)8-10-18(15)23-6/h7-8,10-11,17H,1,9,12H2,2-6H3. The molecule has 3 nitrogen and oxygen atoms in total. The van der Waals surface area contributed by atoms with Gasteiger partial charge in [-0.2, -0.15) is 0 Å². The second-order valence-electron chi connectivity index (χ2n) is 6.62.